The van der Waals surface area contributed by atoms with Crippen molar-refractivity contribution < 1.29 is 14.0 Å². The van der Waals surface area contributed by atoms with E-state index in [2.05, 4.69) is 11.1 Å². The Labute approximate surface area is 138 Å². The van der Waals surface area contributed by atoms with Gasteiger partial charge in [0, 0.05) is 18.2 Å². The van der Waals surface area contributed by atoms with Crippen LogP contribution in [-0.2, 0) is 9.31 Å². The number of pyridine rings is 1. The summed E-state index contributed by atoms with van der Waals surface area (Å²) in [5, 5.41) is 9.34. The molecule has 0 aliphatic carbocycles. The summed E-state index contributed by atoms with van der Waals surface area (Å²) in [4.78, 5) is 6.27. The summed E-state index contributed by atoms with van der Waals surface area (Å²) in [6.45, 7) is 9.19. The lowest BCUT2D eigenvalue weighted by atomic mass is 9.80. The molecule has 0 atom stereocenters. The van der Waals surface area contributed by atoms with E-state index < -0.39 is 18.3 Å². The average molecular weight is 317 g/mol. The Morgan fingerprint density at radius 3 is 2.39 bits per heavy atom. The molecule has 0 bridgehead atoms. The number of hydrogen-bond acceptors (Lipinski definition) is 6. The van der Waals surface area contributed by atoms with Gasteiger partial charge >= 0.3 is 7.12 Å². The van der Waals surface area contributed by atoms with E-state index in [1.165, 1.54) is 0 Å². The minimum Gasteiger partial charge on any atom is -0.475 e. The Bertz CT molecular complexity index is 595. The van der Waals surface area contributed by atoms with Gasteiger partial charge in [-0.1, -0.05) is 0 Å². The van der Waals surface area contributed by atoms with E-state index in [0.717, 1.165) is 12.0 Å². The number of nitriles is 1. The first kappa shape index (κ1) is 17.7. The average Bonchev–Trinajstić information content (AvgIpc) is 2.67. The molecule has 1 aliphatic heterocycles. The smallest absolute Gasteiger partial charge is 0.475 e. The van der Waals surface area contributed by atoms with E-state index in [4.69, 9.17) is 14.0 Å². The highest BCUT2D eigenvalue weighted by molar-refractivity contribution is 6.62. The zero-order valence-corrected chi connectivity index (χ0v) is 14.7. The van der Waals surface area contributed by atoms with Crippen molar-refractivity contribution in [3.63, 3.8) is 0 Å². The largest absolute Gasteiger partial charge is 0.496 e. The van der Waals surface area contributed by atoms with Gasteiger partial charge in [0.2, 0.25) is 5.88 Å². The summed E-state index contributed by atoms with van der Waals surface area (Å²) in [7, 11) is 3.39. The molecule has 0 saturated carbocycles. The Kier molecular flexibility index (Phi) is 5.00. The second-order valence-electron chi connectivity index (χ2n) is 6.97. The van der Waals surface area contributed by atoms with Gasteiger partial charge in [-0.25, -0.2) is 4.98 Å². The Morgan fingerprint density at radius 1 is 1.26 bits per heavy atom. The highest BCUT2D eigenvalue weighted by Crippen LogP contribution is 2.36. The Balaban J connectivity index is 2.16. The van der Waals surface area contributed by atoms with Gasteiger partial charge in [0.25, 0.3) is 0 Å². The van der Waals surface area contributed by atoms with Gasteiger partial charge in [-0.15, -0.1) is 0 Å². The molecule has 1 fully saturated rings. The monoisotopic (exact) mass is 317 g/mol. The van der Waals surface area contributed by atoms with Crippen molar-refractivity contribution in [2.45, 2.75) is 38.9 Å². The predicted molar refractivity (Wildman–Crippen MR) is 88.7 cm³/mol. The molecule has 1 aromatic rings. The predicted octanol–water partition coefficient (Wildman–Crippen LogP) is 1.19. The van der Waals surface area contributed by atoms with Crippen molar-refractivity contribution >= 4 is 12.6 Å². The number of likely N-dealkylation sites (N-methyl/N-ethyl adjacent to an activating group) is 1. The number of aromatic nitrogens is 1. The molecule has 0 aromatic carbocycles. The number of nitrogens with zero attached hydrogens (tertiary/aromatic N) is 3. The second kappa shape index (κ2) is 6.48. The van der Waals surface area contributed by atoms with Gasteiger partial charge in [-0.2, -0.15) is 5.26 Å². The highest BCUT2D eigenvalue weighted by atomic mass is 16.7. The lowest BCUT2D eigenvalue weighted by molar-refractivity contribution is 0.00578. The quantitative estimate of drug-likeness (QED) is 0.760. The van der Waals surface area contributed by atoms with Crippen LogP contribution in [0.3, 0.4) is 0 Å². The van der Waals surface area contributed by atoms with Crippen molar-refractivity contribution in [1.82, 2.24) is 9.88 Å². The van der Waals surface area contributed by atoms with E-state index in [-0.39, 0.29) is 0 Å². The molecular weight excluding hydrogens is 293 g/mol. The van der Waals surface area contributed by atoms with Gasteiger partial charge in [0.05, 0.1) is 11.2 Å². The molecule has 1 aliphatic rings. The summed E-state index contributed by atoms with van der Waals surface area (Å²) in [5.41, 5.74) is 0.257. The molecule has 0 spiro atoms. The van der Waals surface area contributed by atoms with E-state index in [1.807, 2.05) is 46.7 Å². The minimum absolute atomic E-state index is 0.342. The summed E-state index contributed by atoms with van der Waals surface area (Å²) in [6.07, 6.45) is 1.65. The van der Waals surface area contributed by atoms with E-state index >= 15 is 0 Å². The first-order chi connectivity index (χ1) is 10.7. The molecule has 0 radical (unpaired) electrons. The lowest BCUT2D eigenvalue weighted by Gasteiger charge is -2.32. The first-order valence-electron chi connectivity index (χ1n) is 7.69. The molecule has 6 nitrogen and oxygen atoms in total. The van der Waals surface area contributed by atoms with Crippen LogP contribution >= 0.6 is 0 Å². The van der Waals surface area contributed by atoms with Crippen LogP contribution in [0.15, 0.2) is 12.3 Å². The van der Waals surface area contributed by atoms with Crippen LogP contribution in [0.5, 0.6) is 5.88 Å². The standard InChI is InChI=1S/C16H24BN3O3/c1-15(2)16(3,4)23-17(22-15)13-9-12(10-18)14(19-11-13)21-8-7-20(5)6/h9,11H,7-8H2,1-6H3. The van der Waals surface area contributed by atoms with Crippen LogP contribution in [0.4, 0.5) is 0 Å². The zero-order chi connectivity index (χ0) is 17.3. The van der Waals surface area contributed by atoms with Crippen LogP contribution in [0, 0.1) is 11.3 Å². The van der Waals surface area contributed by atoms with Crippen LogP contribution < -0.4 is 10.2 Å². The second-order valence-corrected chi connectivity index (χ2v) is 6.97. The SMILES string of the molecule is CN(C)CCOc1ncc(B2OC(C)(C)C(C)(C)O2)cc1C#N. The van der Waals surface area contributed by atoms with Crippen molar-refractivity contribution in [2.24, 2.45) is 0 Å². The third-order valence-electron chi connectivity index (χ3n) is 4.30. The molecule has 1 saturated heterocycles. The fraction of sp³-hybridized carbons (Fsp3) is 0.625. The molecule has 7 heteroatoms. The van der Waals surface area contributed by atoms with Gasteiger partial charge in [-0.05, 0) is 47.9 Å². The van der Waals surface area contributed by atoms with E-state index in [0.29, 0.717) is 18.1 Å². The maximum Gasteiger partial charge on any atom is 0.496 e. The molecule has 23 heavy (non-hydrogen) atoms. The summed E-state index contributed by atoms with van der Waals surface area (Å²) in [6, 6.07) is 3.85. The fourth-order valence-electron chi connectivity index (χ4n) is 2.10. The molecule has 0 unspecified atom stereocenters. The van der Waals surface area contributed by atoms with Gasteiger partial charge in [0.1, 0.15) is 18.2 Å². The van der Waals surface area contributed by atoms with E-state index in [1.54, 1.807) is 12.3 Å². The fourth-order valence-corrected chi connectivity index (χ4v) is 2.10. The molecule has 0 N–H and O–H groups in total. The maximum atomic E-state index is 9.34. The Morgan fingerprint density at radius 2 is 1.87 bits per heavy atom. The zero-order valence-electron chi connectivity index (χ0n) is 14.7. The Hall–Kier alpha value is -1.62. The molecule has 124 valence electrons. The molecule has 0 amide bonds. The van der Waals surface area contributed by atoms with Crippen LogP contribution in [0.2, 0.25) is 0 Å². The van der Waals surface area contributed by atoms with Gasteiger partial charge in [0.15, 0.2) is 0 Å². The highest BCUT2D eigenvalue weighted by Gasteiger charge is 2.51. The minimum atomic E-state index is -0.532. The lowest BCUT2D eigenvalue weighted by Crippen LogP contribution is -2.41. The van der Waals surface area contributed by atoms with Crippen molar-refractivity contribution in [3.05, 3.63) is 17.8 Å². The van der Waals surface area contributed by atoms with E-state index in [9.17, 15) is 5.26 Å². The van der Waals surface area contributed by atoms with Gasteiger partial charge in [-0.3, -0.25) is 0 Å². The number of ether oxygens (including phenoxy) is 1. The normalized spacial score (nSPS) is 19.0. The summed E-state index contributed by atoms with van der Waals surface area (Å²) < 4.78 is 17.5. The van der Waals surface area contributed by atoms with Crippen LogP contribution in [-0.4, -0.2) is 55.5 Å². The topological polar surface area (TPSA) is 67.6 Å². The molecule has 2 rings (SSSR count). The van der Waals surface area contributed by atoms with Crippen LogP contribution in [0.1, 0.15) is 33.3 Å². The van der Waals surface area contributed by atoms with Crippen molar-refractivity contribution in [3.8, 4) is 11.9 Å². The van der Waals surface area contributed by atoms with Crippen LogP contribution in [0.25, 0.3) is 0 Å². The molecule has 2 heterocycles. The third-order valence-corrected chi connectivity index (χ3v) is 4.30. The van der Waals surface area contributed by atoms with Gasteiger partial charge < -0.3 is 18.9 Å². The summed E-state index contributed by atoms with van der Waals surface area (Å²) in [5.74, 6) is 0.342. The number of rotatable bonds is 5. The maximum absolute atomic E-state index is 9.34. The van der Waals surface area contributed by atoms with Crippen molar-refractivity contribution in [2.75, 3.05) is 27.2 Å². The molecular formula is C16H24BN3O3. The number of hydrogen-bond donors (Lipinski definition) is 0. The van der Waals surface area contributed by atoms with Crippen molar-refractivity contribution in [1.29, 1.82) is 5.26 Å². The molecule has 1 aromatic heterocycles. The third kappa shape index (κ3) is 3.84. The first-order valence-corrected chi connectivity index (χ1v) is 7.69. The summed E-state index contributed by atoms with van der Waals surface area (Å²) >= 11 is 0.